The predicted octanol–water partition coefficient (Wildman–Crippen LogP) is 1.54. The van der Waals surface area contributed by atoms with Gasteiger partial charge in [-0.05, 0) is 24.1 Å². The van der Waals surface area contributed by atoms with Gasteiger partial charge < -0.3 is 9.72 Å². The quantitative estimate of drug-likeness (QED) is 0.789. The molecule has 24 heavy (non-hydrogen) atoms. The van der Waals surface area contributed by atoms with Crippen LogP contribution >= 0.6 is 0 Å². The first kappa shape index (κ1) is 14.6. The molecule has 4 rings (SSSR count). The maximum Gasteiger partial charge on any atom is 0.262 e. The number of nitrogens with one attached hydrogen (secondary N) is 1. The number of aromatic nitrogens is 4. The number of ether oxygens (including phenoxy) is 1. The van der Waals surface area contributed by atoms with Crippen LogP contribution in [0.4, 0.5) is 0 Å². The molecule has 1 saturated heterocycles. The number of nitrogens with zero attached hydrogens (tertiary/aromatic N) is 4. The summed E-state index contributed by atoms with van der Waals surface area (Å²) in [5, 5.41) is 13.8. The van der Waals surface area contributed by atoms with Crippen LogP contribution in [-0.4, -0.2) is 33.0 Å². The topological polar surface area (TPSA) is 96.6 Å². The molecule has 0 bridgehead atoms. The zero-order chi connectivity index (χ0) is 16.5. The lowest BCUT2D eigenvalue weighted by atomic mass is 10.1. The number of H-pyrrole nitrogens is 1. The van der Waals surface area contributed by atoms with Gasteiger partial charge in [0.05, 0.1) is 30.5 Å². The normalized spacial score (nSPS) is 17.2. The summed E-state index contributed by atoms with van der Waals surface area (Å²) in [7, 11) is 0. The van der Waals surface area contributed by atoms with Gasteiger partial charge >= 0.3 is 0 Å². The van der Waals surface area contributed by atoms with Crippen LogP contribution in [0.2, 0.25) is 0 Å². The number of benzene rings is 1. The van der Waals surface area contributed by atoms with Crippen LogP contribution in [0.1, 0.15) is 29.4 Å². The highest BCUT2D eigenvalue weighted by atomic mass is 16.5. The summed E-state index contributed by atoms with van der Waals surface area (Å²) in [6.07, 6.45) is 2.87. The van der Waals surface area contributed by atoms with Gasteiger partial charge in [-0.15, -0.1) is 0 Å². The van der Waals surface area contributed by atoms with E-state index in [4.69, 9.17) is 10.00 Å². The van der Waals surface area contributed by atoms with E-state index in [1.54, 1.807) is 23.0 Å². The molecule has 1 aliphatic heterocycles. The maximum absolute atomic E-state index is 12.3. The molecular formula is C17H15N5O2. The summed E-state index contributed by atoms with van der Waals surface area (Å²) in [6.45, 7) is 1.29. The Bertz CT molecular complexity index is 992. The summed E-state index contributed by atoms with van der Waals surface area (Å²) < 4.78 is 7.19. The highest BCUT2D eigenvalue weighted by molar-refractivity contribution is 5.73. The molecule has 7 heteroatoms. The van der Waals surface area contributed by atoms with Gasteiger partial charge in [-0.2, -0.15) is 10.4 Å². The minimum Gasteiger partial charge on any atom is -0.379 e. The van der Waals surface area contributed by atoms with Crippen LogP contribution < -0.4 is 5.56 Å². The molecule has 0 aliphatic carbocycles. The van der Waals surface area contributed by atoms with Crippen LogP contribution in [0.3, 0.4) is 0 Å². The Morgan fingerprint density at radius 2 is 2.38 bits per heavy atom. The third-order valence-corrected chi connectivity index (χ3v) is 4.19. The number of nitriles is 1. The Kier molecular flexibility index (Phi) is 3.59. The van der Waals surface area contributed by atoms with Crippen molar-refractivity contribution in [2.45, 2.75) is 18.9 Å². The van der Waals surface area contributed by atoms with Crippen molar-refractivity contribution in [1.29, 1.82) is 5.26 Å². The lowest BCUT2D eigenvalue weighted by Crippen LogP contribution is -2.15. The Morgan fingerprint density at radius 3 is 3.17 bits per heavy atom. The molecule has 3 heterocycles. The van der Waals surface area contributed by atoms with Crippen molar-refractivity contribution in [2.24, 2.45) is 0 Å². The van der Waals surface area contributed by atoms with Crippen LogP contribution in [0.5, 0.6) is 0 Å². The zero-order valence-electron chi connectivity index (χ0n) is 12.9. The van der Waals surface area contributed by atoms with E-state index in [2.05, 4.69) is 21.1 Å². The van der Waals surface area contributed by atoms with Crippen molar-refractivity contribution in [1.82, 2.24) is 19.7 Å². The Balaban J connectivity index is 1.74. The zero-order valence-corrected chi connectivity index (χ0v) is 12.9. The summed E-state index contributed by atoms with van der Waals surface area (Å²) in [5.74, 6) is 0.559. The molecule has 0 saturated carbocycles. The minimum absolute atomic E-state index is 0.117. The first-order chi connectivity index (χ1) is 11.7. The van der Waals surface area contributed by atoms with Gasteiger partial charge in [-0.1, -0.05) is 12.1 Å². The standard InChI is InChI=1S/C17H15N5O2/c18-8-12-3-1-2-11(6-12)7-15-20-16-14(17(23)21-15)9-19-22(16)13-4-5-24-10-13/h1-3,6,9,13H,4-5,7,10H2,(H,20,21,23). The molecule has 2 aromatic heterocycles. The molecule has 0 spiro atoms. The maximum atomic E-state index is 12.3. The molecule has 0 amide bonds. The Morgan fingerprint density at radius 1 is 1.46 bits per heavy atom. The van der Waals surface area contributed by atoms with Gasteiger partial charge in [0.2, 0.25) is 0 Å². The van der Waals surface area contributed by atoms with Crippen LogP contribution in [0, 0.1) is 11.3 Å². The summed E-state index contributed by atoms with van der Waals surface area (Å²) in [5.41, 5.74) is 1.90. The predicted molar refractivity (Wildman–Crippen MR) is 86.6 cm³/mol. The van der Waals surface area contributed by atoms with Gasteiger partial charge in [0.1, 0.15) is 11.2 Å². The molecular weight excluding hydrogens is 306 g/mol. The fraction of sp³-hybridized carbons (Fsp3) is 0.294. The smallest absolute Gasteiger partial charge is 0.262 e. The molecule has 1 unspecified atom stereocenters. The van der Waals surface area contributed by atoms with E-state index < -0.39 is 0 Å². The average Bonchev–Trinajstić information content (AvgIpc) is 3.24. The summed E-state index contributed by atoms with van der Waals surface area (Å²) >= 11 is 0. The summed E-state index contributed by atoms with van der Waals surface area (Å²) in [4.78, 5) is 19.7. The monoisotopic (exact) mass is 321 g/mol. The van der Waals surface area contributed by atoms with Gasteiger partial charge in [0.25, 0.3) is 5.56 Å². The molecule has 1 fully saturated rings. The fourth-order valence-electron chi connectivity index (χ4n) is 2.99. The van der Waals surface area contributed by atoms with E-state index in [0.717, 1.165) is 12.0 Å². The minimum atomic E-state index is -0.198. The van der Waals surface area contributed by atoms with E-state index >= 15 is 0 Å². The fourth-order valence-corrected chi connectivity index (χ4v) is 2.99. The van der Waals surface area contributed by atoms with E-state index in [9.17, 15) is 4.79 Å². The number of fused-ring (bicyclic) bond motifs is 1. The lowest BCUT2D eigenvalue weighted by Gasteiger charge is -2.09. The van der Waals surface area contributed by atoms with Crippen molar-refractivity contribution >= 4 is 11.0 Å². The van der Waals surface area contributed by atoms with E-state index in [0.29, 0.717) is 42.1 Å². The number of aromatic amines is 1. The average molecular weight is 321 g/mol. The van der Waals surface area contributed by atoms with Crippen LogP contribution in [0.15, 0.2) is 35.3 Å². The van der Waals surface area contributed by atoms with Crippen molar-refractivity contribution in [3.05, 3.63) is 57.8 Å². The Hall–Kier alpha value is -2.98. The number of rotatable bonds is 3. The van der Waals surface area contributed by atoms with E-state index in [-0.39, 0.29) is 11.6 Å². The third-order valence-electron chi connectivity index (χ3n) is 4.19. The Labute approximate surface area is 137 Å². The first-order valence-corrected chi connectivity index (χ1v) is 7.78. The third kappa shape index (κ3) is 2.57. The van der Waals surface area contributed by atoms with Crippen molar-refractivity contribution in [2.75, 3.05) is 13.2 Å². The van der Waals surface area contributed by atoms with Crippen molar-refractivity contribution in [3.8, 4) is 6.07 Å². The molecule has 1 aromatic carbocycles. The number of hydrogen-bond donors (Lipinski definition) is 1. The van der Waals surface area contributed by atoms with Crippen molar-refractivity contribution < 1.29 is 4.74 Å². The first-order valence-electron chi connectivity index (χ1n) is 7.78. The lowest BCUT2D eigenvalue weighted by molar-refractivity contribution is 0.185. The van der Waals surface area contributed by atoms with Crippen LogP contribution in [0.25, 0.3) is 11.0 Å². The molecule has 1 atom stereocenters. The second-order valence-corrected chi connectivity index (χ2v) is 5.85. The van der Waals surface area contributed by atoms with Crippen LogP contribution in [-0.2, 0) is 11.2 Å². The highest BCUT2D eigenvalue weighted by Crippen LogP contribution is 2.21. The highest BCUT2D eigenvalue weighted by Gasteiger charge is 2.22. The van der Waals surface area contributed by atoms with E-state index in [1.807, 2.05) is 12.1 Å². The number of hydrogen-bond acceptors (Lipinski definition) is 5. The second kappa shape index (κ2) is 5.91. The van der Waals surface area contributed by atoms with Crippen molar-refractivity contribution in [3.63, 3.8) is 0 Å². The van der Waals surface area contributed by atoms with E-state index in [1.165, 1.54) is 0 Å². The summed E-state index contributed by atoms with van der Waals surface area (Å²) in [6, 6.07) is 9.51. The largest absolute Gasteiger partial charge is 0.379 e. The van der Waals surface area contributed by atoms with Gasteiger partial charge in [0.15, 0.2) is 5.65 Å². The molecule has 1 aliphatic rings. The van der Waals surface area contributed by atoms with Gasteiger partial charge in [-0.25, -0.2) is 9.67 Å². The molecule has 120 valence electrons. The molecule has 1 N–H and O–H groups in total. The van der Waals surface area contributed by atoms with Gasteiger partial charge in [0, 0.05) is 13.0 Å². The van der Waals surface area contributed by atoms with Gasteiger partial charge in [-0.3, -0.25) is 4.79 Å². The molecule has 3 aromatic rings. The SMILES string of the molecule is N#Cc1cccc(Cc2nc3c(cnn3C3CCOC3)c(=O)[nH]2)c1. The molecule has 7 nitrogen and oxygen atoms in total. The second-order valence-electron chi connectivity index (χ2n) is 5.85. The molecule has 0 radical (unpaired) electrons.